The summed E-state index contributed by atoms with van der Waals surface area (Å²) in [6.07, 6.45) is 2.19. The second-order valence-corrected chi connectivity index (χ2v) is 3.96. The quantitative estimate of drug-likeness (QED) is 0.603. The molecule has 76 valence electrons. The third kappa shape index (κ3) is 5.71. The molecule has 0 aliphatic heterocycles. The molecule has 1 nitrogen and oxygen atoms in total. The normalized spacial score (nSPS) is 10.8. The van der Waals surface area contributed by atoms with Gasteiger partial charge in [-0.3, -0.25) is 4.90 Å². The molecule has 0 saturated heterocycles. The minimum Gasteiger partial charge on any atom is -0.287 e. The van der Waals surface area contributed by atoms with E-state index in [4.69, 9.17) is 0 Å². The van der Waals surface area contributed by atoms with Crippen molar-refractivity contribution in [2.75, 3.05) is 6.54 Å². The largest absolute Gasteiger partial charge is 0.287 e. The molecule has 0 aromatic rings. The Morgan fingerprint density at radius 2 is 1.54 bits per heavy atom. The monoisotopic (exact) mass is 181 g/mol. The number of hydrogen-bond donors (Lipinski definition) is 0. The Morgan fingerprint density at radius 3 is 1.92 bits per heavy atom. The van der Waals surface area contributed by atoms with Gasteiger partial charge in [0.25, 0.3) is 0 Å². The van der Waals surface area contributed by atoms with Crippen LogP contribution in [-0.2, 0) is 0 Å². The van der Waals surface area contributed by atoms with Gasteiger partial charge in [-0.25, -0.2) is 0 Å². The van der Waals surface area contributed by atoms with Crippen LogP contribution in [0.3, 0.4) is 0 Å². The first-order chi connectivity index (χ1) is 6.09. The summed E-state index contributed by atoms with van der Waals surface area (Å²) >= 11 is 0. The van der Waals surface area contributed by atoms with E-state index in [0.29, 0.717) is 12.1 Å². The van der Waals surface area contributed by atoms with Crippen molar-refractivity contribution in [2.24, 2.45) is 0 Å². The summed E-state index contributed by atoms with van der Waals surface area (Å²) < 4.78 is 0. The maximum Gasteiger partial charge on any atom is 0.0606 e. The zero-order valence-electron chi connectivity index (χ0n) is 9.72. The van der Waals surface area contributed by atoms with Crippen molar-refractivity contribution < 1.29 is 0 Å². The Labute approximate surface area is 83.5 Å². The van der Waals surface area contributed by atoms with Crippen LogP contribution in [0.15, 0.2) is 0 Å². The molecule has 0 rings (SSSR count). The molecule has 0 heterocycles. The van der Waals surface area contributed by atoms with E-state index in [1.807, 2.05) is 0 Å². The van der Waals surface area contributed by atoms with Gasteiger partial charge in [0.1, 0.15) is 0 Å². The smallest absolute Gasteiger partial charge is 0.0606 e. The second-order valence-electron chi connectivity index (χ2n) is 3.96. The lowest BCUT2D eigenvalue weighted by molar-refractivity contribution is 0.200. The van der Waals surface area contributed by atoms with Gasteiger partial charge in [0.15, 0.2) is 0 Å². The van der Waals surface area contributed by atoms with Crippen LogP contribution >= 0.6 is 0 Å². The van der Waals surface area contributed by atoms with Gasteiger partial charge in [0.05, 0.1) is 6.54 Å². The van der Waals surface area contributed by atoms with Gasteiger partial charge in [-0.15, -0.1) is 5.92 Å². The number of hydrogen-bond acceptors (Lipinski definition) is 1. The fourth-order valence-corrected chi connectivity index (χ4v) is 1.32. The van der Waals surface area contributed by atoms with Gasteiger partial charge in [-0.2, -0.15) is 0 Å². The molecule has 0 aromatic heterocycles. The van der Waals surface area contributed by atoms with Gasteiger partial charge in [0.2, 0.25) is 0 Å². The highest BCUT2D eigenvalue weighted by Gasteiger charge is 2.10. The molecule has 0 N–H and O–H groups in total. The first-order valence-corrected chi connectivity index (χ1v) is 5.31. The van der Waals surface area contributed by atoms with Crippen LogP contribution in [0.4, 0.5) is 0 Å². The average molecular weight is 181 g/mol. The van der Waals surface area contributed by atoms with Gasteiger partial charge >= 0.3 is 0 Å². The molecule has 0 spiro atoms. The standard InChI is InChI=1S/C12H23N/c1-6-7-8-9-10-13(11(2)3)12(4)5/h11-12H,6-7,10H2,1-5H3. The van der Waals surface area contributed by atoms with E-state index in [9.17, 15) is 0 Å². The molecule has 0 unspecified atom stereocenters. The summed E-state index contributed by atoms with van der Waals surface area (Å²) in [7, 11) is 0. The van der Waals surface area contributed by atoms with E-state index in [1.165, 1.54) is 0 Å². The van der Waals surface area contributed by atoms with Crippen LogP contribution in [0.5, 0.6) is 0 Å². The van der Waals surface area contributed by atoms with Crippen LogP contribution in [0.25, 0.3) is 0 Å². The van der Waals surface area contributed by atoms with Crippen LogP contribution in [0, 0.1) is 11.8 Å². The molecule has 0 aromatic carbocycles. The third-order valence-electron chi connectivity index (χ3n) is 2.09. The van der Waals surface area contributed by atoms with Gasteiger partial charge in [-0.1, -0.05) is 12.8 Å². The van der Waals surface area contributed by atoms with E-state index < -0.39 is 0 Å². The molecular formula is C12H23N. The minimum absolute atomic E-state index is 0.593. The molecule has 0 aliphatic rings. The number of rotatable bonds is 4. The highest BCUT2D eigenvalue weighted by Crippen LogP contribution is 2.03. The van der Waals surface area contributed by atoms with Gasteiger partial charge in [-0.05, 0) is 34.1 Å². The van der Waals surface area contributed by atoms with Crippen LogP contribution in [0.2, 0.25) is 0 Å². The van der Waals surface area contributed by atoms with Crippen LogP contribution in [-0.4, -0.2) is 23.5 Å². The van der Waals surface area contributed by atoms with E-state index in [0.717, 1.165) is 19.4 Å². The van der Waals surface area contributed by atoms with E-state index >= 15 is 0 Å². The molecule has 0 aliphatic carbocycles. The molecule has 0 fully saturated rings. The van der Waals surface area contributed by atoms with Crippen LogP contribution < -0.4 is 0 Å². The van der Waals surface area contributed by atoms with Gasteiger partial charge in [0, 0.05) is 18.5 Å². The van der Waals surface area contributed by atoms with Crippen molar-refractivity contribution in [1.29, 1.82) is 0 Å². The maximum absolute atomic E-state index is 3.22. The Hall–Kier alpha value is -0.480. The fraction of sp³-hybridized carbons (Fsp3) is 0.833. The third-order valence-corrected chi connectivity index (χ3v) is 2.09. The van der Waals surface area contributed by atoms with Crippen molar-refractivity contribution in [3.8, 4) is 11.8 Å². The molecule has 0 saturated carbocycles. The zero-order chi connectivity index (χ0) is 10.3. The summed E-state index contributed by atoms with van der Waals surface area (Å²) in [5.41, 5.74) is 0. The number of unbranched alkanes of at least 4 members (excludes halogenated alkanes) is 1. The Balaban J connectivity index is 3.92. The lowest BCUT2D eigenvalue weighted by Crippen LogP contribution is -2.37. The van der Waals surface area contributed by atoms with Gasteiger partial charge < -0.3 is 0 Å². The van der Waals surface area contributed by atoms with E-state index in [-0.39, 0.29) is 0 Å². The topological polar surface area (TPSA) is 3.24 Å². The molecule has 0 radical (unpaired) electrons. The first kappa shape index (κ1) is 12.5. The summed E-state index contributed by atoms with van der Waals surface area (Å²) in [5.74, 6) is 6.41. The summed E-state index contributed by atoms with van der Waals surface area (Å²) in [6.45, 7) is 12.0. The highest BCUT2D eigenvalue weighted by molar-refractivity contribution is 5.01. The minimum atomic E-state index is 0.593. The molecule has 0 amide bonds. The first-order valence-electron chi connectivity index (χ1n) is 5.31. The van der Waals surface area contributed by atoms with E-state index in [1.54, 1.807) is 0 Å². The molecule has 0 bridgehead atoms. The molecular weight excluding hydrogens is 158 g/mol. The van der Waals surface area contributed by atoms with Crippen LogP contribution in [0.1, 0.15) is 47.5 Å². The average Bonchev–Trinajstić information content (AvgIpc) is 2.02. The summed E-state index contributed by atoms with van der Waals surface area (Å²) in [5, 5.41) is 0. The Kier molecular flexibility index (Phi) is 6.72. The maximum atomic E-state index is 3.22. The summed E-state index contributed by atoms with van der Waals surface area (Å²) in [6, 6.07) is 1.19. The predicted molar refractivity (Wildman–Crippen MR) is 59.7 cm³/mol. The lowest BCUT2D eigenvalue weighted by atomic mass is 10.2. The number of nitrogens with zero attached hydrogens (tertiary/aromatic N) is 1. The van der Waals surface area contributed by atoms with Crippen molar-refractivity contribution in [3.05, 3.63) is 0 Å². The Morgan fingerprint density at radius 1 is 1.00 bits per heavy atom. The van der Waals surface area contributed by atoms with Crippen molar-refractivity contribution >= 4 is 0 Å². The Bertz CT molecular complexity index is 163. The zero-order valence-corrected chi connectivity index (χ0v) is 9.72. The van der Waals surface area contributed by atoms with Crippen molar-refractivity contribution in [1.82, 2.24) is 4.90 Å². The SMILES string of the molecule is CCCC#CCN(C(C)C)C(C)C. The molecule has 13 heavy (non-hydrogen) atoms. The summed E-state index contributed by atoms with van der Waals surface area (Å²) in [4.78, 5) is 2.41. The van der Waals surface area contributed by atoms with Crippen molar-refractivity contribution in [2.45, 2.75) is 59.5 Å². The molecule has 1 heteroatoms. The predicted octanol–water partition coefficient (Wildman–Crippen LogP) is 2.91. The van der Waals surface area contributed by atoms with E-state index in [2.05, 4.69) is 51.4 Å². The lowest BCUT2D eigenvalue weighted by Gasteiger charge is -2.28. The highest BCUT2D eigenvalue weighted by atomic mass is 15.2. The molecule has 0 atom stereocenters. The van der Waals surface area contributed by atoms with Crippen molar-refractivity contribution in [3.63, 3.8) is 0 Å². The second kappa shape index (κ2) is 6.97. The fourth-order valence-electron chi connectivity index (χ4n) is 1.32.